The Labute approximate surface area is 133 Å². The van der Waals surface area contributed by atoms with E-state index in [2.05, 4.69) is 18.7 Å². The van der Waals surface area contributed by atoms with Gasteiger partial charge in [-0.3, -0.25) is 4.90 Å². The number of morpholine rings is 1. The van der Waals surface area contributed by atoms with Gasteiger partial charge in [0.1, 0.15) is 6.61 Å². The summed E-state index contributed by atoms with van der Waals surface area (Å²) in [5, 5.41) is 0. The Bertz CT molecular complexity index is 430. The smallest absolute Gasteiger partial charge is 0.161 e. The Morgan fingerprint density at radius 2 is 1.73 bits per heavy atom. The normalized spacial score (nSPS) is 22.5. The number of rotatable bonds is 8. The van der Waals surface area contributed by atoms with E-state index >= 15 is 0 Å². The van der Waals surface area contributed by atoms with Gasteiger partial charge in [0.25, 0.3) is 0 Å². The lowest BCUT2D eigenvalue weighted by Gasteiger charge is -2.35. The number of benzene rings is 1. The molecule has 1 fully saturated rings. The van der Waals surface area contributed by atoms with Gasteiger partial charge >= 0.3 is 0 Å². The Hall–Kier alpha value is -1.30. The molecule has 2 atom stereocenters. The fraction of sp³-hybridized carbons (Fsp3) is 0.647. The van der Waals surface area contributed by atoms with Crippen molar-refractivity contribution in [3.63, 3.8) is 0 Å². The Kier molecular flexibility index (Phi) is 6.96. The molecule has 1 heterocycles. The molecular weight excluding hydrogens is 282 g/mol. The van der Waals surface area contributed by atoms with Crippen LogP contribution in [0.25, 0.3) is 0 Å². The summed E-state index contributed by atoms with van der Waals surface area (Å²) in [5.74, 6) is 1.50. The van der Waals surface area contributed by atoms with Gasteiger partial charge < -0.3 is 18.9 Å². The van der Waals surface area contributed by atoms with Gasteiger partial charge in [-0.25, -0.2) is 0 Å². The lowest BCUT2D eigenvalue weighted by molar-refractivity contribution is -0.0734. The van der Waals surface area contributed by atoms with Crippen LogP contribution < -0.4 is 9.47 Å². The summed E-state index contributed by atoms with van der Waals surface area (Å²) in [6.07, 6.45) is 0.607. The number of ether oxygens (including phenoxy) is 4. The Balaban J connectivity index is 1.58. The minimum absolute atomic E-state index is 0.303. The largest absolute Gasteiger partial charge is 0.493 e. The van der Waals surface area contributed by atoms with Crippen molar-refractivity contribution in [2.24, 2.45) is 0 Å². The molecule has 2 rings (SSSR count). The summed E-state index contributed by atoms with van der Waals surface area (Å²) in [6.45, 7) is 8.94. The van der Waals surface area contributed by atoms with Crippen molar-refractivity contribution >= 4 is 0 Å². The topological polar surface area (TPSA) is 40.2 Å². The number of para-hydroxylation sites is 2. The van der Waals surface area contributed by atoms with E-state index in [0.717, 1.165) is 31.1 Å². The van der Waals surface area contributed by atoms with Gasteiger partial charge in [-0.2, -0.15) is 0 Å². The summed E-state index contributed by atoms with van der Waals surface area (Å²) in [5.41, 5.74) is 0. The van der Waals surface area contributed by atoms with E-state index in [4.69, 9.17) is 18.9 Å². The van der Waals surface area contributed by atoms with Crippen molar-refractivity contribution in [1.82, 2.24) is 4.90 Å². The van der Waals surface area contributed by atoms with Crippen molar-refractivity contribution in [2.45, 2.75) is 26.1 Å². The number of nitrogens with zero attached hydrogens (tertiary/aromatic N) is 1. The molecule has 1 saturated heterocycles. The summed E-state index contributed by atoms with van der Waals surface area (Å²) >= 11 is 0. The molecule has 0 aliphatic carbocycles. The molecule has 0 spiro atoms. The zero-order valence-corrected chi connectivity index (χ0v) is 13.8. The van der Waals surface area contributed by atoms with E-state index in [1.807, 2.05) is 24.3 Å². The molecule has 124 valence electrons. The fourth-order valence-electron chi connectivity index (χ4n) is 2.71. The molecule has 0 amide bonds. The third kappa shape index (κ3) is 5.48. The number of methoxy groups -OCH3 is 1. The molecule has 0 radical (unpaired) electrons. The van der Waals surface area contributed by atoms with Crippen LogP contribution in [0.4, 0.5) is 0 Å². The van der Waals surface area contributed by atoms with Crippen molar-refractivity contribution in [3.8, 4) is 11.5 Å². The quantitative estimate of drug-likeness (QED) is 0.689. The zero-order chi connectivity index (χ0) is 15.8. The van der Waals surface area contributed by atoms with E-state index < -0.39 is 0 Å². The molecule has 1 aromatic rings. The summed E-state index contributed by atoms with van der Waals surface area (Å²) in [6, 6.07) is 7.64. The Morgan fingerprint density at radius 3 is 2.41 bits per heavy atom. The third-order valence-electron chi connectivity index (χ3n) is 3.60. The second-order valence-electron chi connectivity index (χ2n) is 5.63. The molecule has 0 aromatic heterocycles. The van der Waals surface area contributed by atoms with Crippen LogP contribution in [-0.2, 0) is 9.47 Å². The van der Waals surface area contributed by atoms with Crippen LogP contribution >= 0.6 is 0 Å². The SMILES string of the molecule is COc1ccccc1OCCOCCN1CC(C)OC(C)C1. The van der Waals surface area contributed by atoms with Gasteiger partial charge in [-0.1, -0.05) is 12.1 Å². The third-order valence-corrected chi connectivity index (χ3v) is 3.60. The van der Waals surface area contributed by atoms with E-state index in [1.54, 1.807) is 7.11 Å². The highest BCUT2D eigenvalue weighted by Crippen LogP contribution is 2.25. The maximum absolute atomic E-state index is 5.72. The van der Waals surface area contributed by atoms with Crippen LogP contribution in [0.3, 0.4) is 0 Å². The van der Waals surface area contributed by atoms with Crippen LogP contribution in [0, 0.1) is 0 Å². The van der Waals surface area contributed by atoms with Gasteiger partial charge in [0, 0.05) is 19.6 Å². The first-order valence-corrected chi connectivity index (χ1v) is 7.90. The monoisotopic (exact) mass is 309 g/mol. The maximum atomic E-state index is 5.72. The second kappa shape index (κ2) is 8.98. The highest BCUT2D eigenvalue weighted by molar-refractivity contribution is 5.39. The van der Waals surface area contributed by atoms with E-state index in [9.17, 15) is 0 Å². The molecule has 1 aromatic carbocycles. The van der Waals surface area contributed by atoms with Crippen LogP contribution in [-0.4, -0.2) is 63.7 Å². The average Bonchev–Trinajstić information content (AvgIpc) is 2.50. The molecule has 0 N–H and O–H groups in total. The molecule has 1 aliphatic heterocycles. The second-order valence-corrected chi connectivity index (χ2v) is 5.63. The minimum Gasteiger partial charge on any atom is -0.493 e. The van der Waals surface area contributed by atoms with Crippen LogP contribution in [0.5, 0.6) is 11.5 Å². The standard InChI is InChI=1S/C17H27NO4/c1-14-12-18(13-15(2)22-14)8-9-20-10-11-21-17-7-5-4-6-16(17)19-3/h4-7,14-15H,8-13H2,1-3H3. The first-order chi connectivity index (χ1) is 10.7. The van der Waals surface area contributed by atoms with E-state index in [1.165, 1.54) is 0 Å². The van der Waals surface area contributed by atoms with Crippen molar-refractivity contribution in [3.05, 3.63) is 24.3 Å². The minimum atomic E-state index is 0.303. The number of hydrogen-bond acceptors (Lipinski definition) is 5. The molecule has 0 saturated carbocycles. The van der Waals surface area contributed by atoms with Crippen molar-refractivity contribution in [1.29, 1.82) is 0 Å². The van der Waals surface area contributed by atoms with Crippen LogP contribution in [0.1, 0.15) is 13.8 Å². The predicted octanol–water partition coefficient (Wildman–Crippen LogP) is 2.20. The van der Waals surface area contributed by atoms with Gasteiger partial charge in [0.05, 0.1) is 32.5 Å². The molecule has 5 nitrogen and oxygen atoms in total. The predicted molar refractivity (Wildman–Crippen MR) is 85.8 cm³/mol. The van der Waals surface area contributed by atoms with Gasteiger partial charge in [0.15, 0.2) is 11.5 Å². The van der Waals surface area contributed by atoms with Gasteiger partial charge in [-0.15, -0.1) is 0 Å². The Morgan fingerprint density at radius 1 is 1.05 bits per heavy atom. The van der Waals surface area contributed by atoms with Crippen molar-refractivity contribution in [2.75, 3.05) is 46.6 Å². The molecule has 2 unspecified atom stereocenters. The van der Waals surface area contributed by atoms with Gasteiger partial charge in [0.2, 0.25) is 0 Å². The molecular formula is C17H27NO4. The molecule has 5 heteroatoms. The summed E-state index contributed by atoms with van der Waals surface area (Å²) < 4.78 is 22.3. The van der Waals surface area contributed by atoms with Gasteiger partial charge in [-0.05, 0) is 26.0 Å². The lowest BCUT2D eigenvalue weighted by atomic mass is 10.2. The summed E-state index contributed by atoms with van der Waals surface area (Å²) in [7, 11) is 1.64. The van der Waals surface area contributed by atoms with Crippen LogP contribution in [0.15, 0.2) is 24.3 Å². The molecule has 0 bridgehead atoms. The van der Waals surface area contributed by atoms with Crippen LogP contribution in [0.2, 0.25) is 0 Å². The first-order valence-electron chi connectivity index (χ1n) is 7.90. The van der Waals surface area contributed by atoms with E-state index in [-0.39, 0.29) is 0 Å². The molecule has 1 aliphatic rings. The average molecular weight is 309 g/mol. The highest BCUT2D eigenvalue weighted by Gasteiger charge is 2.21. The lowest BCUT2D eigenvalue weighted by Crippen LogP contribution is -2.46. The first kappa shape index (κ1) is 17.1. The van der Waals surface area contributed by atoms with E-state index in [0.29, 0.717) is 32.0 Å². The highest BCUT2D eigenvalue weighted by atomic mass is 16.5. The van der Waals surface area contributed by atoms with Crippen molar-refractivity contribution < 1.29 is 18.9 Å². The molecule has 22 heavy (non-hydrogen) atoms. The number of hydrogen-bond donors (Lipinski definition) is 0. The fourth-order valence-corrected chi connectivity index (χ4v) is 2.71. The maximum Gasteiger partial charge on any atom is 0.161 e. The zero-order valence-electron chi connectivity index (χ0n) is 13.8. The summed E-state index contributed by atoms with van der Waals surface area (Å²) in [4.78, 5) is 2.39.